The van der Waals surface area contributed by atoms with Gasteiger partial charge in [0, 0.05) is 6.42 Å². The summed E-state index contributed by atoms with van der Waals surface area (Å²) in [4.78, 5) is 10.1. The Bertz CT molecular complexity index is 826. The molecule has 0 radical (unpaired) electrons. The third-order valence-electron chi connectivity index (χ3n) is 4.35. The lowest BCUT2D eigenvalue weighted by Gasteiger charge is -2.34. The molecule has 7 heteroatoms. The first kappa shape index (κ1) is 17.1. The maximum Gasteiger partial charge on any atom is 0.269 e. The van der Waals surface area contributed by atoms with E-state index in [1.165, 1.54) is 5.56 Å². The predicted octanol–water partition coefficient (Wildman–Crippen LogP) is 3.85. The van der Waals surface area contributed by atoms with Crippen LogP contribution in [-0.2, 0) is 12.0 Å². The van der Waals surface area contributed by atoms with E-state index in [1.54, 1.807) is 11.3 Å². The van der Waals surface area contributed by atoms with Gasteiger partial charge in [0.05, 0.1) is 16.2 Å². The molecule has 5 nitrogen and oxygen atoms in total. The molecule has 1 aliphatic rings. The second kappa shape index (κ2) is 6.63. The Kier molecular flexibility index (Phi) is 4.71. The lowest BCUT2D eigenvalue weighted by atomic mass is 9.77. The van der Waals surface area contributed by atoms with Crippen molar-refractivity contribution >= 4 is 23.7 Å². The maximum absolute atomic E-state index is 6.26. The minimum absolute atomic E-state index is 0. The first-order valence-corrected chi connectivity index (χ1v) is 8.59. The van der Waals surface area contributed by atoms with Crippen LogP contribution in [-0.4, -0.2) is 15.1 Å². The Balaban J connectivity index is 0.00000169. The van der Waals surface area contributed by atoms with Crippen LogP contribution < -0.4 is 5.73 Å². The lowest BCUT2D eigenvalue weighted by molar-refractivity contribution is 0.229. The Labute approximate surface area is 150 Å². The molecule has 0 spiro atoms. The van der Waals surface area contributed by atoms with E-state index >= 15 is 0 Å². The van der Waals surface area contributed by atoms with E-state index in [4.69, 9.17) is 10.3 Å². The van der Waals surface area contributed by atoms with Crippen molar-refractivity contribution in [1.29, 1.82) is 0 Å². The number of nitrogens with zero attached hydrogens (tertiary/aromatic N) is 3. The van der Waals surface area contributed by atoms with Crippen molar-refractivity contribution in [1.82, 2.24) is 15.1 Å². The molecule has 1 saturated carbocycles. The summed E-state index contributed by atoms with van der Waals surface area (Å²) < 4.78 is 5.45. The molecule has 0 atom stereocenters. The van der Waals surface area contributed by atoms with Gasteiger partial charge in [-0.2, -0.15) is 4.98 Å². The molecule has 4 rings (SSSR count). The third kappa shape index (κ3) is 3.09. The second-order valence-electron chi connectivity index (χ2n) is 6.12. The van der Waals surface area contributed by atoms with E-state index in [2.05, 4.69) is 27.3 Å². The van der Waals surface area contributed by atoms with Gasteiger partial charge >= 0.3 is 0 Å². The van der Waals surface area contributed by atoms with Crippen molar-refractivity contribution in [3.63, 3.8) is 0 Å². The molecule has 1 aliphatic carbocycles. The standard InChI is InChI=1S/C17H18N4OS.ClH/c1-11-14(15-20-16(21-22-15)17(18)8-5-9-17)23-13(19-11)10-12-6-3-2-4-7-12;/h2-4,6-7H,5,8-10,18H2,1H3;1H. The highest BCUT2D eigenvalue weighted by Gasteiger charge is 2.39. The van der Waals surface area contributed by atoms with Crippen LogP contribution in [0.3, 0.4) is 0 Å². The molecule has 2 N–H and O–H groups in total. The van der Waals surface area contributed by atoms with Gasteiger partial charge in [0.2, 0.25) is 0 Å². The molecule has 0 unspecified atom stereocenters. The summed E-state index contributed by atoms with van der Waals surface area (Å²) in [6, 6.07) is 10.3. The topological polar surface area (TPSA) is 77.8 Å². The number of aryl methyl sites for hydroxylation is 1. The van der Waals surface area contributed by atoms with Crippen molar-refractivity contribution in [3.05, 3.63) is 52.4 Å². The Morgan fingerprint density at radius 3 is 2.62 bits per heavy atom. The van der Waals surface area contributed by atoms with Gasteiger partial charge < -0.3 is 10.3 Å². The number of thiazole rings is 1. The van der Waals surface area contributed by atoms with Crippen LogP contribution in [0.5, 0.6) is 0 Å². The van der Waals surface area contributed by atoms with E-state index in [0.29, 0.717) is 11.7 Å². The molecule has 1 fully saturated rings. The van der Waals surface area contributed by atoms with Crippen molar-refractivity contribution < 1.29 is 4.52 Å². The summed E-state index contributed by atoms with van der Waals surface area (Å²) in [5.41, 5.74) is 8.04. The molecule has 2 heterocycles. The fourth-order valence-electron chi connectivity index (χ4n) is 2.80. The summed E-state index contributed by atoms with van der Waals surface area (Å²) in [6.45, 7) is 1.98. The summed E-state index contributed by atoms with van der Waals surface area (Å²) in [5, 5.41) is 5.14. The van der Waals surface area contributed by atoms with E-state index in [0.717, 1.165) is 41.3 Å². The number of aromatic nitrogens is 3. The van der Waals surface area contributed by atoms with Gasteiger partial charge in [-0.05, 0) is 31.7 Å². The van der Waals surface area contributed by atoms with Gasteiger partial charge in [0.25, 0.3) is 5.89 Å². The van der Waals surface area contributed by atoms with Crippen LogP contribution in [0.25, 0.3) is 10.8 Å². The average molecular weight is 363 g/mol. The molecule has 0 aliphatic heterocycles. The molecule has 2 aromatic heterocycles. The number of hydrogen-bond donors (Lipinski definition) is 1. The number of halogens is 1. The second-order valence-corrected chi connectivity index (χ2v) is 7.20. The molecule has 0 amide bonds. The predicted molar refractivity (Wildman–Crippen MR) is 96.4 cm³/mol. The van der Waals surface area contributed by atoms with Gasteiger partial charge in [-0.3, -0.25) is 0 Å². The van der Waals surface area contributed by atoms with E-state index in [-0.39, 0.29) is 12.4 Å². The fourth-order valence-corrected chi connectivity index (χ4v) is 3.82. The molecule has 3 aromatic rings. The van der Waals surface area contributed by atoms with Crippen molar-refractivity contribution in [2.45, 2.75) is 38.1 Å². The maximum atomic E-state index is 6.26. The van der Waals surface area contributed by atoms with E-state index < -0.39 is 5.54 Å². The monoisotopic (exact) mass is 362 g/mol. The zero-order valence-electron chi connectivity index (χ0n) is 13.4. The number of rotatable bonds is 4. The van der Waals surface area contributed by atoms with Gasteiger partial charge in [-0.25, -0.2) is 4.98 Å². The number of hydrogen-bond acceptors (Lipinski definition) is 6. The molecular weight excluding hydrogens is 344 g/mol. The summed E-state index contributed by atoms with van der Waals surface area (Å²) in [7, 11) is 0. The van der Waals surface area contributed by atoms with E-state index in [1.807, 2.05) is 25.1 Å². The average Bonchev–Trinajstić information content (AvgIpc) is 3.13. The Morgan fingerprint density at radius 1 is 1.21 bits per heavy atom. The molecule has 0 bridgehead atoms. The lowest BCUT2D eigenvalue weighted by Crippen LogP contribution is -2.44. The minimum Gasteiger partial charge on any atom is -0.333 e. The van der Waals surface area contributed by atoms with Crippen LogP contribution in [0.4, 0.5) is 0 Å². The van der Waals surface area contributed by atoms with Gasteiger partial charge in [0.15, 0.2) is 5.82 Å². The number of benzene rings is 1. The Hall–Kier alpha value is -1.76. The zero-order valence-corrected chi connectivity index (χ0v) is 15.0. The smallest absolute Gasteiger partial charge is 0.269 e. The largest absolute Gasteiger partial charge is 0.333 e. The van der Waals surface area contributed by atoms with Gasteiger partial charge in [0.1, 0.15) is 4.88 Å². The summed E-state index contributed by atoms with van der Waals surface area (Å²) >= 11 is 1.61. The molecule has 126 valence electrons. The molecule has 24 heavy (non-hydrogen) atoms. The summed E-state index contributed by atoms with van der Waals surface area (Å²) in [5.74, 6) is 1.15. The normalized spacial score (nSPS) is 15.6. The van der Waals surface area contributed by atoms with Crippen LogP contribution in [0.2, 0.25) is 0 Å². The molecule has 0 saturated heterocycles. The zero-order chi connectivity index (χ0) is 15.9. The SMILES string of the molecule is Cc1nc(Cc2ccccc2)sc1-c1nc(C2(N)CCC2)no1.Cl. The molecular formula is C17H19ClN4OS. The quantitative estimate of drug-likeness (QED) is 0.762. The third-order valence-corrected chi connectivity index (χ3v) is 5.50. The van der Waals surface area contributed by atoms with Crippen LogP contribution >= 0.6 is 23.7 Å². The van der Waals surface area contributed by atoms with Crippen LogP contribution in [0.1, 0.15) is 41.4 Å². The fraction of sp³-hybridized carbons (Fsp3) is 0.353. The van der Waals surface area contributed by atoms with Crippen molar-refractivity contribution in [2.24, 2.45) is 5.73 Å². The Morgan fingerprint density at radius 2 is 1.96 bits per heavy atom. The first-order valence-electron chi connectivity index (χ1n) is 7.78. The van der Waals surface area contributed by atoms with E-state index in [9.17, 15) is 0 Å². The van der Waals surface area contributed by atoms with Crippen molar-refractivity contribution in [3.8, 4) is 10.8 Å². The first-order chi connectivity index (χ1) is 11.1. The van der Waals surface area contributed by atoms with Crippen LogP contribution in [0.15, 0.2) is 34.9 Å². The van der Waals surface area contributed by atoms with Gasteiger partial charge in [-0.15, -0.1) is 23.7 Å². The summed E-state index contributed by atoms with van der Waals surface area (Å²) in [6.07, 6.45) is 3.79. The number of nitrogens with two attached hydrogens (primary N) is 1. The van der Waals surface area contributed by atoms with Gasteiger partial charge in [-0.1, -0.05) is 35.5 Å². The molecule has 1 aromatic carbocycles. The van der Waals surface area contributed by atoms with Crippen molar-refractivity contribution in [2.75, 3.05) is 0 Å². The highest BCUT2D eigenvalue weighted by Crippen LogP contribution is 2.38. The van der Waals surface area contributed by atoms with Crippen LogP contribution in [0, 0.1) is 6.92 Å². The highest BCUT2D eigenvalue weighted by molar-refractivity contribution is 7.15. The minimum atomic E-state index is -0.396. The highest BCUT2D eigenvalue weighted by atomic mass is 35.5.